The molecule has 0 bridgehead atoms. The summed E-state index contributed by atoms with van der Waals surface area (Å²) in [6, 6.07) is 13.8. The van der Waals surface area contributed by atoms with Gasteiger partial charge in [-0.15, -0.1) is 0 Å². The number of carbonyl (C=O) groups excluding carboxylic acids is 2. The maximum atomic E-state index is 12.2. The highest BCUT2D eigenvalue weighted by Gasteiger charge is 2.17. The maximum Gasteiger partial charge on any atom is 0.343 e. The largest absolute Gasteiger partial charge is 0.423 e. The number of ether oxygens (including phenoxy) is 2. The zero-order valence-corrected chi connectivity index (χ0v) is 16.1. The van der Waals surface area contributed by atoms with Gasteiger partial charge >= 0.3 is 11.9 Å². The Balaban J connectivity index is 1.73. The third-order valence-electron chi connectivity index (χ3n) is 3.90. The first-order valence-electron chi connectivity index (χ1n) is 8.47. The van der Waals surface area contributed by atoms with Crippen molar-refractivity contribution in [3.05, 3.63) is 103 Å². The van der Waals surface area contributed by atoms with Crippen molar-refractivity contribution in [3.8, 4) is 11.5 Å². The molecular weight excluding hydrogens is 432 g/mol. The van der Waals surface area contributed by atoms with Gasteiger partial charge < -0.3 is 9.47 Å². The van der Waals surface area contributed by atoms with Crippen LogP contribution < -0.4 is 9.47 Å². The van der Waals surface area contributed by atoms with E-state index in [0.717, 1.165) is 12.1 Å². The van der Waals surface area contributed by atoms with Gasteiger partial charge in [0.05, 0.1) is 26.0 Å². The standard InChI is InChI=1S/C20H11ClN2O8/c21-17-11-16(30-19(24)12-3-1-5-14(9-12)22(26)27)7-8-18(17)31-20(25)13-4-2-6-15(10-13)23(28)29/h1-11H. The van der Waals surface area contributed by atoms with E-state index >= 15 is 0 Å². The second-order valence-corrected chi connectivity index (χ2v) is 6.39. The maximum absolute atomic E-state index is 12.2. The number of hydrogen-bond donors (Lipinski definition) is 0. The molecule has 11 heteroatoms. The van der Waals surface area contributed by atoms with E-state index in [4.69, 9.17) is 21.1 Å². The Kier molecular flexibility index (Phi) is 6.22. The molecule has 0 unspecified atom stereocenters. The number of nitro groups is 2. The van der Waals surface area contributed by atoms with E-state index in [1.54, 1.807) is 0 Å². The van der Waals surface area contributed by atoms with Crippen LogP contribution in [0.5, 0.6) is 11.5 Å². The van der Waals surface area contributed by atoms with Crippen molar-refractivity contribution in [1.29, 1.82) is 0 Å². The lowest BCUT2D eigenvalue weighted by Gasteiger charge is -2.09. The van der Waals surface area contributed by atoms with Crippen LogP contribution in [0.25, 0.3) is 0 Å². The van der Waals surface area contributed by atoms with Crippen LogP contribution in [0.2, 0.25) is 5.02 Å². The molecule has 0 aliphatic heterocycles. The van der Waals surface area contributed by atoms with Gasteiger partial charge in [0, 0.05) is 30.3 Å². The van der Waals surface area contributed by atoms with Crippen molar-refractivity contribution in [1.82, 2.24) is 0 Å². The summed E-state index contributed by atoms with van der Waals surface area (Å²) in [5.41, 5.74) is -0.627. The molecule has 0 spiro atoms. The summed E-state index contributed by atoms with van der Waals surface area (Å²) in [4.78, 5) is 44.8. The molecule has 0 aliphatic carbocycles. The van der Waals surface area contributed by atoms with Crippen molar-refractivity contribution < 1.29 is 28.9 Å². The number of esters is 2. The minimum Gasteiger partial charge on any atom is -0.423 e. The molecule has 0 aliphatic rings. The lowest BCUT2D eigenvalue weighted by molar-refractivity contribution is -0.385. The van der Waals surface area contributed by atoms with E-state index in [-0.39, 0.29) is 39.0 Å². The van der Waals surface area contributed by atoms with E-state index in [9.17, 15) is 29.8 Å². The van der Waals surface area contributed by atoms with Gasteiger partial charge in [-0.05, 0) is 24.3 Å². The first-order chi connectivity index (χ1) is 14.7. The second kappa shape index (κ2) is 9.01. The molecule has 0 N–H and O–H groups in total. The molecule has 0 saturated heterocycles. The van der Waals surface area contributed by atoms with Crippen molar-refractivity contribution in [2.24, 2.45) is 0 Å². The van der Waals surface area contributed by atoms with Crippen molar-refractivity contribution in [3.63, 3.8) is 0 Å². The molecule has 156 valence electrons. The smallest absolute Gasteiger partial charge is 0.343 e. The van der Waals surface area contributed by atoms with E-state index in [1.807, 2.05) is 0 Å². The van der Waals surface area contributed by atoms with E-state index < -0.39 is 21.8 Å². The number of hydrogen-bond acceptors (Lipinski definition) is 8. The fourth-order valence-corrected chi connectivity index (χ4v) is 2.65. The van der Waals surface area contributed by atoms with Crippen LogP contribution in [-0.2, 0) is 0 Å². The fraction of sp³-hybridized carbons (Fsp3) is 0. The highest BCUT2D eigenvalue weighted by Crippen LogP contribution is 2.30. The molecule has 0 heterocycles. The normalized spacial score (nSPS) is 10.2. The van der Waals surface area contributed by atoms with Crippen molar-refractivity contribution in [2.75, 3.05) is 0 Å². The van der Waals surface area contributed by atoms with Crippen LogP contribution in [0.3, 0.4) is 0 Å². The zero-order valence-electron chi connectivity index (χ0n) is 15.4. The Labute approximate surface area is 178 Å². The number of rotatable bonds is 6. The minimum absolute atomic E-state index is 0.0108. The molecule has 3 rings (SSSR count). The molecule has 3 aromatic rings. The van der Waals surface area contributed by atoms with Crippen LogP contribution in [0.15, 0.2) is 66.7 Å². The Morgan fingerprint density at radius 1 is 0.742 bits per heavy atom. The summed E-state index contributed by atoms with van der Waals surface area (Å²) in [5, 5.41) is 21.6. The van der Waals surface area contributed by atoms with Crippen LogP contribution in [-0.4, -0.2) is 21.8 Å². The first-order valence-corrected chi connectivity index (χ1v) is 8.85. The summed E-state index contributed by atoms with van der Waals surface area (Å²) in [6.45, 7) is 0. The van der Waals surface area contributed by atoms with Crippen LogP contribution >= 0.6 is 11.6 Å². The summed E-state index contributed by atoms with van der Waals surface area (Å²) in [5.74, 6) is -1.77. The van der Waals surface area contributed by atoms with Gasteiger partial charge in [-0.2, -0.15) is 0 Å². The molecule has 0 aromatic heterocycles. The summed E-state index contributed by atoms with van der Waals surface area (Å²) >= 11 is 6.07. The van der Waals surface area contributed by atoms with Crippen LogP contribution in [0.1, 0.15) is 20.7 Å². The summed E-state index contributed by atoms with van der Waals surface area (Å²) in [7, 11) is 0. The molecule has 0 atom stereocenters. The number of halogens is 1. The number of benzene rings is 3. The lowest BCUT2D eigenvalue weighted by atomic mass is 10.2. The number of non-ortho nitro benzene ring substituents is 2. The predicted molar refractivity (Wildman–Crippen MR) is 108 cm³/mol. The molecule has 3 aromatic carbocycles. The Bertz CT molecular complexity index is 1210. The SMILES string of the molecule is O=C(Oc1ccc(OC(=O)c2cccc([N+](=O)[O-])c2)c(Cl)c1)c1cccc([N+](=O)[O-])c1. The summed E-state index contributed by atoms with van der Waals surface area (Å²) in [6.07, 6.45) is 0. The third kappa shape index (κ3) is 5.19. The number of nitrogens with zero attached hydrogens (tertiary/aromatic N) is 2. The highest BCUT2D eigenvalue weighted by molar-refractivity contribution is 6.32. The topological polar surface area (TPSA) is 139 Å². The average Bonchev–Trinajstić information content (AvgIpc) is 2.75. The van der Waals surface area contributed by atoms with E-state index in [1.165, 1.54) is 54.6 Å². The Morgan fingerprint density at radius 3 is 1.74 bits per heavy atom. The third-order valence-corrected chi connectivity index (χ3v) is 4.20. The van der Waals surface area contributed by atoms with Gasteiger partial charge in [0.15, 0.2) is 0 Å². The summed E-state index contributed by atoms with van der Waals surface area (Å²) < 4.78 is 10.3. The fourth-order valence-electron chi connectivity index (χ4n) is 2.45. The Morgan fingerprint density at radius 2 is 1.26 bits per heavy atom. The van der Waals surface area contributed by atoms with Crippen molar-refractivity contribution in [2.45, 2.75) is 0 Å². The van der Waals surface area contributed by atoms with Crippen LogP contribution in [0.4, 0.5) is 11.4 Å². The molecular formula is C20H11ClN2O8. The van der Waals surface area contributed by atoms with Crippen LogP contribution in [0, 0.1) is 20.2 Å². The minimum atomic E-state index is -0.869. The van der Waals surface area contributed by atoms with E-state index in [0.29, 0.717) is 0 Å². The molecule has 10 nitrogen and oxygen atoms in total. The zero-order chi connectivity index (χ0) is 22.5. The number of carbonyl (C=O) groups is 2. The Hall–Kier alpha value is -4.31. The molecule has 0 radical (unpaired) electrons. The van der Waals surface area contributed by atoms with Gasteiger partial charge in [0.1, 0.15) is 11.5 Å². The quantitative estimate of drug-likeness (QED) is 0.233. The average molecular weight is 443 g/mol. The molecule has 0 saturated carbocycles. The molecule has 0 fully saturated rings. The van der Waals surface area contributed by atoms with Gasteiger partial charge in [-0.3, -0.25) is 20.2 Å². The van der Waals surface area contributed by atoms with Gasteiger partial charge in [-0.1, -0.05) is 23.7 Å². The van der Waals surface area contributed by atoms with Gasteiger partial charge in [-0.25, -0.2) is 9.59 Å². The lowest BCUT2D eigenvalue weighted by Crippen LogP contribution is -2.10. The number of nitro benzene ring substituents is 2. The molecule has 31 heavy (non-hydrogen) atoms. The second-order valence-electron chi connectivity index (χ2n) is 5.99. The first kappa shape index (κ1) is 21.4. The van der Waals surface area contributed by atoms with Crippen molar-refractivity contribution >= 4 is 34.9 Å². The van der Waals surface area contributed by atoms with Gasteiger partial charge in [0.25, 0.3) is 11.4 Å². The monoisotopic (exact) mass is 442 g/mol. The highest BCUT2D eigenvalue weighted by atomic mass is 35.5. The van der Waals surface area contributed by atoms with E-state index in [2.05, 4.69) is 0 Å². The predicted octanol–water partition coefficient (Wildman–Crippen LogP) is 4.59. The molecule has 0 amide bonds. The van der Waals surface area contributed by atoms with Gasteiger partial charge in [0.2, 0.25) is 0 Å².